The van der Waals surface area contributed by atoms with Gasteiger partial charge in [0.15, 0.2) is 11.5 Å². The molecule has 0 unspecified atom stereocenters. The smallest absolute Gasteiger partial charge is 0.433 e. The van der Waals surface area contributed by atoms with Gasteiger partial charge >= 0.3 is 6.18 Å². The maximum atomic E-state index is 13.3. The van der Waals surface area contributed by atoms with Gasteiger partial charge in [0, 0.05) is 30.1 Å². The van der Waals surface area contributed by atoms with E-state index >= 15 is 0 Å². The lowest BCUT2D eigenvalue weighted by molar-refractivity contribution is -0.141. The van der Waals surface area contributed by atoms with Crippen LogP contribution in [0.2, 0.25) is 10.0 Å². The molecular weight excluding hydrogens is 404 g/mol. The second-order valence-electron chi connectivity index (χ2n) is 5.29. The zero-order valence-corrected chi connectivity index (χ0v) is 15.2. The molecule has 27 heavy (non-hydrogen) atoms. The van der Waals surface area contributed by atoms with Gasteiger partial charge in [-0.25, -0.2) is 9.97 Å². The number of anilines is 2. The minimum atomic E-state index is -4.65. The van der Waals surface area contributed by atoms with Gasteiger partial charge in [-0.15, -0.1) is 0 Å². The average Bonchev–Trinajstić information content (AvgIpc) is 2.64. The number of pyridine rings is 1. The summed E-state index contributed by atoms with van der Waals surface area (Å²) in [5.41, 5.74) is -0.482. The number of benzene rings is 1. The Kier molecular flexibility index (Phi) is 5.38. The van der Waals surface area contributed by atoms with Crippen molar-refractivity contribution in [2.24, 2.45) is 0 Å². The fourth-order valence-corrected chi connectivity index (χ4v) is 2.71. The molecule has 0 bridgehead atoms. The number of halogens is 5. The maximum absolute atomic E-state index is 13.3. The van der Waals surface area contributed by atoms with Crippen LogP contribution < -0.4 is 10.1 Å². The number of hydrogen-bond donors (Lipinski definition) is 1. The number of methoxy groups -OCH3 is 1. The molecule has 1 N–H and O–H groups in total. The van der Waals surface area contributed by atoms with Crippen molar-refractivity contribution in [3.8, 4) is 17.1 Å². The van der Waals surface area contributed by atoms with Crippen molar-refractivity contribution < 1.29 is 17.9 Å². The monoisotopic (exact) mass is 414 g/mol. The topological polar surface area (TPSA) is 59.9 Å². The molecule has 0 aliphatic rings. The quantitative estimate of drug-likeness (QED) is 0.600. The molecule has 10 heteroatoms. The van der Waals surface area contributed by atoms with Gasteiger partial charge < -0.3 is 10.1 Å². The minimum absolute atomic E-state index is 0.0950. The second-order valence-corrected chi connectivity index (χ2v) is 6.11. The Morgan fingerprint density at radius 3 is 2.48 bits per heavy atom. The minimum Gasteiger partial charge on any atom is -0.495 e. The Bertz CT molecular complexity index is 968. The fourth-order valence-electron chi connectivity index (χ4n) is 2.20. The largest absolute Gasteiger partial charge is 0.495 e. The van der Waals surface area contributed by atoms with Crippen molar-refractivity contribution in [2.75, 3.05) is 12.4 Å². The zero-order valence-electron chi connectivity index (χ0n) is 13.7. The van der Waals surface area contributed by atoms with E-state index in [2.05, 4.69) is 20.3 Å². The van der Waals surface area contributed by atoms with Crippen LogP contribution in [-0.2, 0) is 6.18 Å². The van der Waals surface area contributed by atoms with E-state index in [1.54, 1.807) is 12.1 Å². The Hall–Kier alpha value is -2.58. The predicted molar refractivity (Wildman–Crippen MR) is 96.6 cm³/mol. The summed E-state index contributed by atoms with van der Waals surface area (Å²) in [6.07, 6.45) is -1.79. The van der Waals surface area contributed by atoms with E-state index < -0.39 is 11.9 Å². The third kappa shape index (κ3) is 4.40. The lowest BCUT2D eigenvalue weighted by atomic mass is 10.2. The Labute approximate surface area is 162 Å². The SMILES string of the molecule is COc1cc(Nc2cc(C(F)(F)F)nc(-c3cccnc3)n2)c(Cl)cc1Cl. The van der Waals surface area contributed by atoms with Crippen LogP contribution in [0.25, 0.3) is 11.4 Å². The van der Waals surface area contributed by atoms with E-state index in [1.165, 1.54) is 31.6 Å². The molecular formula is C17H11Cl2F3N4O. The van der Waals surface area contributed by atoms with Crippen LogP contribution in [0.3, 0.4) is 0 Å². The maximum Gasteiger partial charge on any atom is 0.433 e. The van der Waals surface area contributed by atoms with Gasteiger partial charge in [0.1, 0.15) is 11.6 Å². The fraction of sp³-hybridized carbons (Fsp3) is 0.118. The van der Waals surface area contributed by atoms with Crippen molar-refractivity contribution in [2.45, 2.75) is 6.18 Å². The van der Waals surface area contributed by atoms with E-state index in [-0.39, 0.29) is 27.4 Å². The second kappa shape index (κ2) is 7.58. The molecule has 0 atom stereocenters. The molecule has 0 amide bonds. The normalized spacial score (nSPS) is 11.3. The van der Waals surface area contributed by atoms with Crippen LogP contribution in [-0.4, -0.2) is 22.1 Å². The number of rotatable bonds is 4. The summed E-state index contributed by atoms with van der Waals surface area (Å²) in [7, 11) is 1.41. The van der Waals surface area contributed by atoms with Gasteiger partial charge in [0.25, 0.3) is 0 Å². The molecule has 3 aromatic rings. The highest BCUT2D eigenvalue weighted by Crippen LogP contribution is 2.36. The van der Waals surface area contributed by atoms with E-state index in [9.17, 15) is 13.2 Å². The molecule has 2 heterocycles. The van der Waals surface area contributed by atoms with Crippen molar-refractivity contribution in [3.05, 3.63) is 58.5 Å². The van der Waals surface area contributed by atoms with Crippen molar-refractivity contribution in [1.29, 1.82) is 0 Å². The van der Waals surface area contributed by atoms with Crippen molar-refractivity contribution in [1.82, 2.24) is 15.0 Å². The average molecular weight is 415 g/mol. The zero-order chi connectivity index (χ0) is 19.6. The van der Waals surface area contributed by atoms with E-state index in [0.29, 0.717) is 11.3 Å². The van der Waals surface area contributed by atoms with Crippen LogP contribution >= 0.6 is 23.2 Å². The van der Waals surface area contributed by atoms with Gasteiger partial charge in [-0.1, -0.05) is 23.2 Å². The molecule has 0 saturated carbocycles. The molecule has 3 rings (SSSR count). The first-order chi connectivity index (χ1) is 12.8. The van der Waals surface area contributed by atoms with Crippen LogP contribution in [0.5, 0.6) is 5.75 Å². The molecule has 0 fully saturated rings. The summed E-state index contributed by atoms with van der Waals surface area (Å²) < 4.78 is 44.9. The van der Waals surface area contributed by atoms with Gasteiger partial charge in [-0.3, -0.25) is 4.98 Å². The predicted octanol–water partition coefficient (Wildman–Crippen LogP) is 5.62. The molecule has 140 valence electrons. The summed E-state index contributed by atoms with van der Waals surface area (Å²) in [6.45, 7) is 0. The number of ether oxygens (including phenoxy) is 1. The molecule has 5 nitrogen and oxygen atoms in total. The van der Waals surface area contributed by atoms with Gasteiger partial charge in [-0.05, 0) is 18.2 Å². The standard InChI is InChI=1S/C17H11Cl2F3N4O/c1-27-13-6-12(10(18)5-11(13)19)24-15-7-14(17(20,21)22)25-16(26-15)9-3-2-4-23-8-9/h2-8H,1H3,(H,24,25,26). The first-order valence-electron chi connectivity index (χ1n) is 7.44. The van der Waals surface area contributed by atoms with E-state index in [1.807, 2.05) is 0 Å². The molecule has 0 radical (unpaired) electrons. The highest BCUT2D eigenvalue weighted by Gasteiger charge is 2.34. The Morgan fingerprint density at radius 2 is 1.85 bits per heavy atom. The number of nitrogens with zero attached hydrogens (tertiary/aromatic N) is 3. The van der Waals surface area contributed by atoms with Crippen LogP contribution in [0.4, 0.5) is 24.7 Å². The highest BCUT2D eigenvalue weighted by molar-refractivity contribution is 6.37. The first kappa shape index (κ1) is 19.2. The molecule has 0 aliphatic carbocycles. The summed E-state index contributed by atoms with van der Waals surface area (Å²) in [5.74, 6) is 0.0843. The molecule has 2 aromatic heterocycles. The number of nitrogens with one attached hydrogen (secondary N) is 1. The molecule has 0 saturated heterocycles. The Balaban J connectivity index is 2.08. The third-order valence-corrected chi connectivity index (χ3v) is 4.05. The molecule has 0 aliphatic heterocycles. The molecule has 1 aromatic carbocycles. The summed E-state index contributed by atoms with van der Waals surface area (Å²) >= 11 is 12.1. The van der Waals surface area contributed by atoms with Gasteiger partial charge in [-0.2, -0.15) is 13.2 Å². The van der Waals surface area contributed by atoms with Crippen LogP contribution in [0.15, 0.2) is 42.7 Å². The van der Waals surface area contributed by atoms with Crippen LogP contribution in [0, 0.1) is 0 Å². The van der Waals surface area contributed by atoms with Gasteiger partial charge in [0.2, 0.25) is 0 Å². The lowest BCUT2D eigenvalue weighted by Gasteiger charge is -2.14. The molecule has 0 spiro atoms. The number of hydrogen-bond acceptors (Lipinski definition) is 5. The van der Waals surface area contributed by atoms with Gasteiger partial charge in [0.05, 0.1) is 22.8 Å². The van der Waals surface area contributed by atoms with E-state index in [0.717, 1.165) is 6.07 Å². The van der Waals surface area contributed by atoms with Crippen molar-refractivity contribution >= 4 is 34.7 Å². The number of alkyl halides is 3. The third-order valence-electron chi connectivity index (χ3n) is 3.44. The van der Waals surface area contributed by atoms with Crippen molar-refractivity contribution in [3.63, 3.8) is 0 Å². The Morgan fingerprint density at radius 1 is 1.07 bits per heavy atom. The van der Waals surface area contributed by atoms with E-state index in [4.69, 9.17) is 27.9 Å². The summed E-state index contributed by atoms with van der Waals surface area (Å²) in [6, 6.07) is 6.80. The summed E-state index contributed by atoms with van der Waals surface area (Å²) in [5, 5.41) is 3.21. The number of aromatic nitrogens is 3. The van der Waals surface area contributed by atoms with Crippen LogP contribution in [0.1, 0.15) is 5.69 Å². The lowest BCUT2D eigenvalue weighted by Crippen LogP contribution is -2.11. The summed E-state index contributed by atoms with van der Waals surface area (Å²) in [4.78, 5) is 11.6. The highest BCUT2D eigenvalue weighted by atomic mass is 35.5. The first-order valence-corrected chi connectivity index (χ1v) is 8.20.